The molecule has 2 aromatic carbocycles. The maximum Gasteiger partial charge on any atom is 0.264 e. The number of rotatable bonds is 21. The van der Waals surface area contributed by atoms with Crippen LogP contribution >= 0.6 is 0 Å². The molecule has 0 fully saturated rings. The molecule has 0 bridgehead atoms. The van der Waals surface area contributed by atoms with Crippen LogP contribution in [0.1, 0.15) is 16.7 Å². The van der Waals surface area contributed by atoms with Crippen molar-refractivity contribution in [3.63, 3.8) is 0 Å². The van der Waals surface area contributed by atoms with Crippen molar-refractivity contribution in [1.29, 1.82) is 0 Å². The van der Waals surface area contributed by atoms with Gasteiger partial charge >= 0.3 is 0 Å². The second-order valence-corrected chi connectivity index (χ2v) is 19.4. The zero-order valence-electron chi connectivity index (χ0n) is 28.0. The average Bonchev–Trinajstić information content (AvgIpc) is 2.99. The normalized spacial score (nSPS) is 11.8. The minimum atomic E-state index is -3.48. The van der Waals surface area contributed by atoms with Crippen molar-refractivity contribution >= 4 is 34.0 Å². The lowest BCUT2D eigenvalue weighted by molar-refractivity contribution is 0.0355. The van der Waals surface area contributed by atoms with Gasteiger partial charge in [-0.2, -0.15) is 16.8 Å². The maximum absolute atomic E-state index is 11.0. The molecular weight excluding hydrogens is 663 g/mol. The zero-order valence-corrected chi connectivity index (χ0v) is 30.6. The summed E-state index contributed by atoms with van der Waals surface area (Å²) in [7, 11) is -8.38. The molecule has 0 aromatic heterocycles. The maximum atomic E-state index is 11.0. The Labute approximate surface area is 282 Å². The summed E-state index contributed by atoms with van der Waals surface area (Å²) in [6.07, 6.45) is 1.99. The van der Waals surface area contributed by atoms with Crippen LogP contribution < -0.4 is 4.90 Å². The minimum Gasteiger partial charge on any atom is -0.377 e. The molecule has 0 aliphatic rings. The third-order valence-electron chi connectivity index (χ3n) is 5.86. The molecule has 0 aliphatic carbocycles. The van der Waals surface area contributed by atoms with Gasteiger partial charge in [0, 0.05) is 35.5 Å². The monoisotopic (exact) mass is 709 g/mol. The van der Waals surface area contributed by atoms with Crippen molar-refractivity contribution in [1.82, 2.24) is 0 Å². The van der Waals surface area contributed by atoms with Crippen molar-refractivity contribution in [2.45, 2.75) is 19.6 Å². The van der Waals surface area contributed by atoms with Crippen LogP contribution in [0, 0.1) is 23.3 Å². The predicted octanol–water partition coefficient (Wildman–Crippen LogP) is 3.14. The van der Waals surface area contributed by atoms with Gasteiger partial charge in [-0.3, -0.25) is 8.37 Å². The highest BCUT2D eigenvalue weighted by atomic mass is 32.2. The Hall–Kier alpha value is -2.76. The molecule has 0 saturated heterocycles. The summed E-state index contributed by atoms with van der Waals surface area (Å²) in [5.41, 5.74) is 7.16. The van der Waals surface area contributed by atoms with Gasteiger partial charge in [0.2, 0.25) is 0 Å². The van der Waals surface area contributed by atoms with Gasteiger partial charge in [-0.05, 0) is 48.5 Å². The Morgan fingerprint density at radius 2 is 0.872 bits per heavy atom. The third-order valence-corrected chi connectivity index (χ3v) is 7.92. The number of hydrogen-bond donors (Lipinski definition) is 0. The van der Waals surface area contributed by atoms with E-state index in [2.05, 4.69) is 56.2 Å². The highest BCUT2D eigenvalue weighted by Crippen LogP contribution is 2.15. The Balaban J connectivity index is 1.88. The largest absolute Gasteiger partial charge is 0.377 e. The molecule has 0 radical (unpaired) electrons. The summed E-state index contributed by atoms with van der Waals surface area (Å²) in [4.78, 5) is 2.14. The van der Waals surface area contributed by atoms with Gasteiger partial charge in [0.15, 0.2) is 0 Å². The molecule has 0 aliphatic heterocycles. The molecule has 0 saturated carbocycles. The van der Waals surface area contributed by atoms with Crippen LogP contribution in [-0.2, 0) is 47.5 Å². The van der Waals surface area contributed by atoms with E-state index in [-0.39, 0.29) is 26.4 Å². The molecule has 2 aromatic rings. The van der Waals surface area contributed by atoms with E-state index in [0.29, 0.717) is 52.7 Å². The van der Waals surface area contributed by atoms with Crippen molar-refractivity contribution in [3.05, 3.63) is 65.2 Å². The number of nitrogens with zero attached hydrogens (tertiary/aromatic N) is 1. The molecule has 0 heterocycles. The molecule has 0 atom stereocenters. The quantitative estimate of drug-likeness (QED) is 0.0822. The summed E-state index contributed by atoms with van der Waals surface area (Å²) < 4.78 is 75.4. The first kappa shape index (κ1) is 40.4. The summed E-state index contributed by atoms with van der Waals surface area (Å²) in [6.45, 7) is 10.3. The minimum absolute atomic E-state index is 0.0350. The molecule has 0 spiro atoms. The lowest BCUT2D eigenvalue weighted by atomic mass is 10.1. The van der Waals surface area contributed by atoms with E-state index in [9.17, 15) is 16.8 Å². The zero-order chi connectivity index (χ0) is 34.6. The molecule has 2 rings (SSSR count). The van der Waals surface area contributed by atoms with Gasteiger partial charge in [-0.25, -0.2) is 0 Å². The second kappa shape index (κ2) is 21.3. The average molecular weight is 710 g/mol. The van der Waals surface area contributed by atoms with E-state index in [4.69, 9.17) is 18.9 Å². The first-order valence-corrected chi connectivity index (χ1v) is 22.3. The van der Waals surface area contributed by atoms with E-state index < -0.39 is 28.3 Å². The van der Waals surface area contributed by atoms with Gasteiger partial charge < -0.3 is 23.8 Å². The van der Waals surface area contributed by atoms with E-state index in [1.807, 2.05) is 48.5 Å². The van der Waals surface area contributed by atoms with Gasteiger partial charge in [-0.15, -0.1) is 5.54 Å². The third kappa shape index (κ3) is 21.7. The summed E-state index contributed by atoms with van der Waals surface area (Å²) >= 11 is 0. The Kier molecular flexibility index (Phi) is 18.3. The van der Waals surface area contributed by atoms with Crippen LogP contribution in [0.25, 0.3) is 0 Å². The van der Waals surface area contributed by atoms with Gasteiger partial charge in [0.1, 0.15) is 8.07 Å². The van der Waals surface area contributed by atoms with E-state index in [1.165, 1.54) is 0 Å². The standard InChI is InChI=1S/C33H47NO10S2Si/c1-45(35,36)43-27-25-41-23-21-39-19-17-34(18-20-40-22-24-42-26-28-44-46(2,37)38)33-14-12-31(13-15-33)7-6-30-8-10-32(11-9-30)16-29-47(3,4)5/h8-15H,17-28H2,1-5H3. The highest BCUT2D eigenvalue weighted by molar-refractivity contribution is 7.86. The molecule has 14 heteroatoms. The SMILES string of the molecule is C[Si](C)(C)C#Cc1ccc(C#Cc2ccc(N(CCOCCOCCOS(C)(=O)=O)CCOCCOCCOS(C)(=O)=O)cc2)cc1. The van der Waals surface area contributed by atoms with Crippen LogP contribution in [0.5, 0.6) is 0 Å². The van der Waals surface area contributed by atoms with Crippen LogP contribution in [0.15, 0.2) is 48.5 Å². The number of ether oxygens (including phenoxy) is 4. The van der Waals surface area contributed by atoms with Crippen LogP contribution in [0.3, 0.4) is 0 Å². The molecule has 0 amide bonds. The van der Waals surface area contributed by atoms with E-state index in [1.54, 1.807) is 0 Å². The van der Waals surface area contributed by atoms with Crippen molar-refractivity contribution in [2.75, 3.05) is 96.6 Å². The number of hydrogen-bond acceptors (Lipinski definition) is 11. The van der Waals surface area contributed by atoms with Crippen LogP contribution in [-0.4, -0.2) is 117 Å². The Morgan fingerprint density at radius 3 is 1.26 bits per heavy atom. The van der Waals surface area contributed by atoms with Crippen molar-refractivity contribution in [2.24, 2.45) is 0 Å². The fraction of sp³-hybridized carbons (Fsp3) is 0.515. The Bertz CT molecular complexity index is 1490. The summed E-state index contributed by atoms with van der Waals surface area (Å²) in [6, 6.07) is 15.9. The molecule has 11 nitrogen and oxygen atoms in total. The van der Waals surface area contributed by atoms with Crippen molar-refractivity contribution in [3.8, 4) is 23.3 Å². The van der Waals surface area contributed by atoms with Crippen molar-refractivity contribution < 1.29 is 44.1 Å². The first-order valence-electron chi connectivity index (χ1n) is 15.2. The molecule has 260 valence electrons. The molecule has 0 unspecified atom stereocenters. The summed E-state index contributed by atoms with van der Waals surface area (Å²) in [5.74, 6) is 9.69. The fourth-order valence-electron chi connectivity index (χ4n) is 3.65. The molecular formula is C33H47NO10S2Si. The highest BCUT2D eigenvalue weighted by Gasteiger charge is 2.09. The number of anilines is 1. The Morgan fingerprint density at radius 1 is 0.532 bits per heavy atom. The summed E-state index contributed by atoms with van der Waals surface area (Å²) in [5, 5.41) is 0. The first-order chi connectivity index (χ1) is 22.2. The van der Waals surface area contributed by atoms with Crippen LogP contribution in [0.2, 0.25) is 19.6 Å². The van der Waals surface area contributed by atoms with Crippen LogP contribution in [0.4, 0.5) is 5.69 Å². The fourth-order valence-corrected chi connectivity index (χ4v) is 4.91. The molecule has 0 N–H and O–H groups in total. The topological polar surface area (TPSA) is 127 Å². The smallest absolute Gasteiger partial charge is 0.264 e. The van der Waals surface area contributed by atoms with Gasteiger partial charge in [0.25, 0.3) is 20.2 Å². The lowest BCUT2D eigenvalue weighted by Crippen LogP contribution is -2.31. The lowest BCUT2D eigenvalue weighted by Gasteiger charge is -2.25. The molecule has 47 heavy (non-hydrogen) atoms. The second-order valence-electron chi connectivity index (χ2n) is 11.4. The van der Waals surface area contributed by atoms with E-state index >= 15 is 0 Å². The van der Waals surface area contributed by atoms with Gasteiger partial charge in [0.05, 0.1) is 78.6 Å². The predicted molar refractivity (Wildman–Crippen MR) is 186 cm³/mol. The number of benzene rings is 2. The van der Waals surface area contributed by atoms with Gasteiger partial charge in [-0.1, -0.05) is 37.4 Å². The van der Waals surface area contributed by atoms with E-state index in [0.717, 1.165) is 34.9 Å².